The highest BCUT2D eigenvalue weighted by Crippen LogP contribution is 2.42. The largest absolute Gasteiger partial charge is 0.522 e. The monoisotopic (exact) mass is 482 g/mol. The van der Waals surface area contributed by atoms with Crippen molar-refractivity contribution in [2.24, 2.45) is 5.92 Å². The molecule has 0 spiro atoms. The van der Waals surface area contributed by atoms with Crippen molar-refractivity contribution in [1.29, 1.82) is 0 Å². The number of amides is 1. The van der Waals surface area contributed by atoms with Gasteiger partial charge in [-0.3, -0.25) is 9.64 Å². The number of fused-ring (bicyclic) bond motifs is 4. The summed E-state index contributed by atoms with van der Waals surface area (Å²) in [6, 6.07) is -0.197. The standard InChI is InChI=1S/C20H29F3N2O4S2/c1-19(2,3)29-17(26)25-12-4-5-13(25)14(8-12)27-18(30)31-9-10-6-11-7-15(16(10)24-11)28-20(21,22)23/h10-16,24H,4-9H2,1-3H3/t10?,11-,12-,13+,14?,15?,16+/m1/s1. The number of nitrogens with one attached hydrogen (secondary N) is 1. The number of rotatable bonds is 4. The summed E-state index contributed by atoms with van der Waals surface area (Å²) in [7, 11) is 0. The molecule has 4 bridgehead atoms. The van der Waals surface area contributed by atoms with Gasteiger partial charge in [-0.2, -0.15) is 0 Å². The van der Waals surface area contributed by atoms with E-state index in [2.05, 4.69) is 10.1 Å². The lowest BCUT2D eigenvalue weighted by molar-refractivity contribution is -0.345. The van der Waals surface area contributed by atoms with Gasteiger partial charge in [0.15, 0.2) is 0 Å². The third-order valence-corrected chi connectivity index (χ3v) is 7.85. The van der Waals surface area contributed by atoms with Gasteiger partial charge in [0.2, 0.25) is 4.38 Å². The Labute approximate surface area is 189 Å². The Bertz CT molecular complexity index is 718. The maximum Gasteiger partial charge on any atom is 0.522 e. The van der Waals surface area contributed by atoms with E-state index in [1.807, 2.05) is 20.8 Å². The summed E-state index contributed by atoms with van der Waals surface area (Å²) in [5.41, 5.74) is -0.553. The van der Waals surface area contributed by atoms with E-state index in [1.165, 1.54) is 11.8 Å². The van der Waals surface area contributed by atoms with E-state index in [9.17, 15) is 18.0 Å². The maximum atomic E-state index is 12.6. The zero-order chi connectivity index (χ0) is 22.6. The highest BCUT2D eigenvalue weighted by Gasteiger charge is 2.52. The van der Waals surface area contributed by atoms with Crippen molar-refractivity contribution in [1.82, 2.24) is 10.2 Å². The first-order chi connectivity index (χ1) is 14.4. The number of thioether (sulfide) groups is 1. The van der Waals surface area contributed by atoms with Crippen molar-refractivity contribution in [3.05, 3.63) is 0 Å². The number of thiocarbonyl (C=S) groups is 1. The molecule has 1 amide bonds. The summed E-state index contributed by atoms with van der Waals surface area (Å²) in [5.74, 6) is 0.636. The van der Waals surface area contributed by atoms with Crippen LogP contribution in [0.3, 0.4) is 0 Å². The van der Waals surface area contributed by atoms with Gasteiger partial charge in [0.1, 0.15) is 11.7 Å². The summed E-state index contributed by atoms with van der Waals surface area (Å²) in [5, 5.41) is 3.23. The average Bonchev–Trinajstić information content (AvgIpc) is 3.35. The van der Waals surface area contributed by atoms with Crippen LogP contribution in [0.25, 0.3) is 0 Å². The van der Waals surface area contributed by atoms with Crippen LogP contribution in [0.15, 0.2) is 0 Å². The summed E-state index contributed by atoms with van der Waals surface area (Å²) in [4.78, 5) is 14.4. The minimum absolute atomic E-state index is 0.0490. The zero-order valence-corrected chi connectivity index (χ0v) is 19.4. The topological polar surface area (TPSA) is 60.0 Å². The van der Waals surface area contributed by atoms with Crippen LogP contribution in [0.4, 0.5) is 18.0 Å². The molecule has 0 aliphatic carbocycles. The van der Waals surface area contributed by atoms with E-state index >= 15 is 0 Å². The molecule has 3 unspecified atom stereocenters. The average molecular weight is 483 g/mol. The fourth-order valence-corrected chi connectivity index (χ4v) is 6.66. The molecule has 7 atom stereocenters. The van der Waals surface area contributed by atoms with Crippen LogP contribution in [0.5, 0.6) is 0 Å². The SMILES string of the molecule is CC(C)(C)OC(=O)N1[C@@H]2CC[C@H]1C(OC(=S)SCC1C[C@@H]3CC(OC(F)(F)F)[C@H]1N3)C2. The Balaban J connectivity index is 1.25. The minimum Gasteiger partial charge on any atom is -0.473 e. The third kappa shape index (κ3) is 5.42. The van der Waals surface area contributed by atoms with Crippen LogP contribution >= 0.6 is 24.0 Å². The fraction of sp³-hybridized carbons (Fsp3) is 0.900. The molecular weight excluding hydrogens is 453 g/mol. The number of carbonyl (C=O) groups excluding carboxylic acids is 1. The molecule has 176 valence electrons. The highest BCUT2D eigenvalue weighted by molar-refractivity contribution is 8.22. The van der Waals surface area contributed by atoms with Crippen molar-refractivity contribution in [3.8, 4) is 0 Å². The second kappa shape index (κ2) is 8.53. The van der Waals surface area contributed by atoms with E-state index in [0.717, 1.165) is 25.7 Å². The Morgan fingerprint density at radius 1 is 1.16 bits per heavy atom. The van der Waals surface area contributed by atoms with Crippen LogP contribution < -0.4 is 5.32 Å². The molecule has 4 rings (SSSR count). The summed E-state index contributed by atoms with van der Waals surface area (Å²) in [6.45, 7) is 5.53. The first-order valence-electron chi connectivity index (χ1n) is 10.7. The van der Waals surface area contributed by atoms with E-state index in [4.69, 9.17) is 21.7 Å². The molecule has 4 saturated heterocycles. The van der Waals surface area contributed by atoms with E-state index < -0.39 is 18.1 Å². The normalized spacial score (nSPS) is 36.8. The summed E-state index contributed by atoms with van der Waals surface area (Å²) < 4.78 is 54.1. The lowest BCUT2D eigenvalue weighted by atomic mass is 9.88. The number of halogens is 3. The summed E-state index contributed by atoms with van der Waals surface area (Å²) in [6.07, 6.45) is -2.21. The molecular formula is C20H29F3N2O4S2. The van der Waals surface area contributed by atoms with Crippen LogP contribution in [0.1, 0.15) is 52.9 Å². The van der Waals surface area contributed by atoms with E-state index in [1.54, 1.807) is 4.90 Å². The van der Waals surface area contributed by atoms with Gasteiger partial charge in [-0.15, -0.1) is 13.2 Å². The second-order valence-electron chi connectivity index (χ2n) is 9.86. The van der Waals surface area contributed by atoms with Crippen LogP contribution in [0, 0.1) is 5.92 Å². The van der Waals surface area contributed by atoms with Gasteiger partial charge < -0.3 is 14.8 Å². The highest BCUT2D eigenvalue weighted by atomic mass is 32.2. The van der Waals surface area contributed by atoms with Crippen molar-refractivity contribution < 1.29 is 32.2 Å². The fourth-order valence-electron chi connectivity index (χ4n) is 5.45. The molecule has 0 saturated carbocycles. The summed E-state index contributed by atoms with van der Waals surface area (Å²) >= 11 is 6.78. The Morgan fingerprint density at radius 3 is 2.55 bits per heavy atom. The molecule has 4 aliphatic heterocycles. The third-order valence-electron chi connectivity index (χ3n) is 6.47. The van der Waals surface area contributed by atoms with Gasteiger partial charge in [-0.1, -0.05) is 11.8 Å². The minimum atomic E-state index is -4.62. The zero-order valence-electron chi connectivity index (χ0n) is 17.8. The van der Waals surface area contributed by atoms with Crippen LogP contribution in [0.2, 0.25) is 0 Å². The number of hydrogen-bond acceptors (Lipinski definition) is 7. The van der Waals surface area contributed by atoms with Crippen LogP contribution in [-0.4, -0.2) is 69.5 Å². The smallest absolute Gasteiger partial charge is 0.473 e. The molecule has 4 heterocycles. The first kappa shape index (κ1) is 23.4. The van der Waals surface area contributed by atoms with Crippen LogP contribution in [-0.2, 0) is 14.2 Å². The van der Waals surface area contributed by atoms with E-state index in [-0.39, 0.29) is 42.3 Å². The molecule has 4 aliphatic rings. The quantitative estimate of drug-likeness (QED) is 0.602. The lowest BCUT2D eigenvalue weighted by Gasteiger charge is -2.29. The van der Waals surface area contributed by atoms with Crippen molar-refractivity contribution >= 4 is 34.5 Å². The van der Waals surface area contributed by atoms with E-state index in [0.29, 0.717) is 16.6 Å². The molecule has 0 aromatic heterocycles. The molecule has 1 N–H and O–H groups in total. The number of ether oxygens (including phenoxy) is 3. The van der Waals surface area contributed by atoms with Crippen molar-refractivity contribution in [3.63, 3.8) is 0 Å². The van der Waals surface area contributed by atoms with Gasteiger partial charge in [0.05, 0.1) is 12.1 Å². The van der Waals surface area contributed by atoms with Gasteiger partial charge in [0.25, 0.3) is 0 Å². The van der Waals surface area contributed by atoms with Gasteiger partial charge in [-0.25, -0.2) is 4.79 Å². The molecule has 0 aromatic rings. The predicted molar refractivity (Wildman–Crippen MR) is 114 cm³/mol. The molecule has 0 aromatic carbocycles. The van der Waals surface area contributed by atoms with Gasteiger partial charge in [0, 0.05) is 30.3 Å². The number of hydrogen-bond donors (Lipinski definition) is 1. The second-order valence-corrected chi connectivity index (χ2v) is 11.5. The lowest BCUT2D eigenvalue weighted by Crippen LogP contribution is -2.42. The van der Waals surface area contributed by atoms with Crippen molar-refractivity contribution in [2.45, 2.75) is 101 Å². The molecule has 6 nitrogen and oxygen atoms in total. The first-order valence-corrected chi connectivity index (χ1v) is 12.1. The molecule has 11 heteroatoms. The Kier molecular flexibility index (Phi) is 6.44. The maximum absolute atomic E-state index is 12.6. The van der Waals surface area contributed by atoms with Gasteiger partial charge in [-0.05, 0) is 64.6 Å². The molecule has 4 fully saturated rings. The van der Waals surface area contributed by atoms with Gasteiger partial charge >= 0.3 is 12.5 Å². The number of alkyl halides is 3. The molecule has 31 heavy (non-hydrogen) atoms. The Hall–Kier alpha value is -0.780. The predicted octanol–water partition coefficient (Wildman–Crippen LogP) is 4.22. The Morgan fingerprint density at radius 2 is 1.90 bits per heavy atom. The molecule has 0 radical (unpaired) electrons. The van der Waals surface area contributed by atoms with Crippen molar-refractivity contribution in [2.75, 3.05) is 5.75 Å². The number of nitrogens with zero attached hydrogens (tertiary/aromatic N) is 1. The number of carbonyl (C=O) groups is 1.